The second-order valence-corrected chi connectivity index (χ2v) is 7.95. The van der Waals surface area contributed by atoms with E-state index in [0.29, 0.717) is 17.9 Å². The molecular formula is C23H27N3O2S. The summed E-state index contributed by atoms with van der Waals surface area (Å²) in [6, 6.07) is 16.8. The molecule has 0 spiro atoms. The summed E-state index contributed by atoms with van der Waals surface area (Å²) in [6.45, 7) is 1.95. The molecule has 0 aliphatic heterocycles. The van der Waals surface area contributed by atoms with Crippen molar-refractivity contribution in [2.45, 2.75) is 45.1 Å². The summed E-state index contributed by atoms with van der Waals surface area (Å²) in [5.74, 6) is 0.300. The number of hydrogen-bond acceptors (Lipinski definition) is 3. The van der Waals surface area contributed by atoms with Gasteiger partial charge in [-0.05, 0) is 67.7 Å². The Morgan fingerprint density at radius 3 is 2.34 bits per heavy atom. The number of anilines is 1. The molecule has 1 fully saturated rings. The first kappa shape index (κ1) is 21.0. The zero-order chi connectivity index (χ0) is 20.6. The van der Waals surface area contributed by atoms with Gasteiger partial charge in [0.25, 0.3) is 5.91 Å². The van der Waals surface area contributed by atoms with Crippen molar-refractivity contribution < 1.29 is 9.59 Å². The number of thiocarbonyl (C=S) groups is 1. The van der Waals surface area contributed by atoms with Crippen LogP contribution in [0.3, 0.4) is 0 Å². The summed E-state index contributed by atoms with van der Waals surface area (Å²) in [5, 5.41) is 9.01. The maximum atomic E-state index is 12.5. The lowest BCUT2D eigenvalue weighted by Gasteiger charge is -2.15. The predicted octanol–water partition coefficient (Wildman–Crippen LogP) is 4.57. The van der Waals surface area contributed by atoms with Crippen LogP contribution in [0.1, 0.15) is 61.0 Å². The van der Waals surface area contributed by atoms with Gasteiger partial charge in [-0.1, -0.05) is 43.2 Å². The highest BCUT2D eigenvalue weighted by Gasteiger charge is 2.19. The van der Waals surface area contributed by atoms with Crippen molar-refractivity contribution in [1.29, 1.82) is 0 Å². The SMILES string of the molecule is CC(NC(=O)c1ccc(NC(=S)NC(=O)CC2CCCC2)cc1)c1ccccc1. The number of nitrogens with one attached hydrogen (secondary N) is 3. The molecule has 2 amide bonds. The van der Waals surface area contributed by atoms with Gasteiger partial charge >= 0.3 is 0 Å². The summed E-state index contributed by atoms with van der Waals surface area (Å²) < 4.78 is 0. The first-order valence-electron chi connectivity index (χ1n) is 10.1. The smallest absolute Gasteiger partial charge is 0.251 e. The molecule has 2 aromatic rings. The monoisotopic (exact) mass is 409 g/mol. The van der Waals surface area contributed by atoms with Crippen molar-refractivity contribution in [3.05, 3.63) is 65.7 Å². The fraction of sp³-hybridized carbons (Fsp3) is 0.348. The molecule has 3 N–H and O–H groups in total. The Balaban J connectivity index is 1.48. The van der Waals surface area contributed by atoms with Gasteiger partial charge < -0.3 is 16.0 Å². The zero-order valence-electron chi connectivity index (χ0n) is 16.6. The lowest BCUT2D eigenvalue weighted by molar-refractivity contribution is -0.120. The number of hydrogen-bond donors (Lipinski definition) is 3. The van der Waals surface area contributed by atoms with E-state index in [1.165, 1.54) is 12.8 Å². The van der Waals surface area contributed by atoms with E-state index >= 15 is 0 Å². The molecule has 1 unspecified atom stereocenters. The minimum Gasteiger partial charge on any atom is -0.346 e. The van der Waals surface area contributed by atoms with Crippen molar-refractivity contribution in [2.24, 2.45) is 5.92 Å². The number of carbonyl (C=O) groups excluding carboxylic acids is 2. The highest BCUT2D eigenvalue weighted by molar-refractivity contribution is 7.80. The van der Waals surface area contributed by atoms with Gasteiger partial charge in [-0.3, -0.25) is 9.59 Å². The van der Waals surface area contributed by atoms with Crippen molar-refractivity contribution in [3.63, 3.8) is 0 Å². The third-order valence-corrected chi connectivity index (χ3v) is 5.46. The van der Waals surface area contributed by atoms with Gasteiger partial charge in [0.2, 0.25) is 5.91 Å². The minimum atomic E-state index is -0.139. The van der Waals surface area contributed by atoms with Gasteiger partial charge in [0.15, 0.2) is 5.11 Å². The Bertz CT molecular complexity index is 846. The van der Waals surface area contributed by atoms with E-state index < -0.39 is 0 Å². The van der Waals surface area contributed by atoms with Crippen LogP contribution in [-0.4, -0.2) is 16.9 Å². The largest absolute Gasteiger partial charge is 0.346 e. The third-order valence-electron chi connectivity index (χ3n) is 5.25. The van der Waals surface area contributed by atoms with Crippen molar-refractivity contribution >= 4 is 34.8 Å². The van der Waals surface area contributed by atoms with Crippen LogP contribution in [-0.2, 0) is 4.79 Å². The summed E-state index contributed by atoms with van der Waals surface area (Å²) in [5.41, 5.74) is 2.34. The quantitative estimate of drug-likeness (QED) is 0.611. The van der Waals surface area contributed by atoms with Gasteiger partial charge in [-0.15, -0.1) is 0 Å². The molecule has 29 heavy (non-hydrogen) atoms. The molecule has 3 rings (SSSR count). The van der Waals surface area contributed by atoms with Crippen molar-refractivity contribution in [2.75, 3.05) is 5.32 Å². The number of carbonyl (C=O) groups is 2. The summed E-state index contributed by atoms with van der Waals surface area (Å²) in [7, 11) is 0. The molecule has 0 bridgehead atoms. The standard InChI is InChI=1S/C23H27N3O2S/c1-16(18-9-3-2-4-10-18)24-22(28)19-11-13-20(14-12-19)25-23(29)26-21(27)15-17-7-5-6-8-17/h2-4,9-14,16-17H,5-8,15H2,1H3,(H,24,28)(H2,25,26,27,29). The number of amides is 2. The maximum Gasteiger partial charge on any atom is 0.251 e. The summed E-state index contributed by atoms with van der Waals surface area (Å²) in [4.78, 5) is 24.5. The lowest BCUT2D eigenvalue weighted by Crippen LogP contribution is -2.34. The molecule has 0 radical (unpaired) electrons. The van der Waals surface area contributed by atoms with Gasteiger partial charge in [0.05, 0.1) is 6.04 Å². The molecule has 5 nitrogen and oxygen atoms in total. The van der Waals surface area contributed by atoms with Gasteiger partial charge in [-0.2, -0.15) is 0 Å². The lowest BCUT2D eigenvalue weighted by atomic mass is 10.0. The van der Waals surface area contributed by atoms with Crippen LogP contribution < -0.4 is 16.0 Å². The minimum absolute atomic E-state index is 0.0414. The number of rotatable bonds is 6. The topological polar surface area (TPSA) is 70.2 Å². The Morgan fingerprint density at radius 2 is 1.69 bits per heavy atom. The summed E-state index contributed by atoms with van der Waals surface area (Å²) in [6.07, 6.45) is 5.20. The van der Waals surface area contributed by atoms with Crippen LogP contribution in [0.15, 0.2) is 54.6 Å². The van der Waals surface area contributed by atoms with Crippen LogP contribution in [0.25, 0.3) is 0 Å². The second kappa shape index (κ2) is 10.2. The molecule has 0 heterocycles. The zero-order valence-corrected chi connectivity index (χ0v) is 17.4. The van der Waals surface area contributed by atoms with Gasteiger partial charge in [-0.25, -0.2) is 0 Å². The van der Waals surface area contributed by atoms with Gasteiger partial charge in [0, 0.05) is 17.7 Å². The molecule has 0 aromatic heterocycles. The highest BCUT2D eigenvalue weighted by atomic mass is 32.1. The van der Waals surface area contributed by atoms with E-state index in [2.05, 4.69) is 16.0 Å². The first-order valence-corrected chi connectivity index (χ1v) is 10.5. The van der Waals surface area contributed by atoms with E-state index in [4.69, 9.17) is 12.2 Å². The Kier molecular flexibility index (Phi) is 7.36. The van der Waals surface area contributed by atoms with Crippen LogP contribution in [0.2, 0.25) is 0 Å². The van der Waals surface area contributed by atoms with Crippen LogP contribution in [0.5, 0.6) is 0 Å². The highest BCUT2D eigenvalue weighted by Crippen LogP contribution is 2.27. The third kappa shape index (κ3) is 6.39. The van der Waals surface area contributed by atoms with E-state index in [9.17, 15) is 9.59 Å². The molecule has 152 valence electrons. The molecule has 1 aliphatic rings. The van der Waals surface area contributed by atoms with E-state index in [1.807, 2.05) is 37.3 Å². The normalized spacial score (nSPS) is 14.8. The average Bonchev–Trinajstić information content (AvgIpc) is 3.21. The van der Waals surface area contributed by atoms with E-state index in [-0.39, 0.29) is 23.0 Å². The fourth-order valence-corrected chi connectivity index (χ4v) is 3.86. The predicted molar refractivity (Wildman–Crippen MR) is 120 cm³/mol. The molecule has 1 aliphatic carbocycles. The number of benzene rings is 2. The van der Waals surface area contributed by atoms with Crippen molar-refractivity contribution in [1.82, 2.24) is 10.6 Å². The van der Waals surface area contributed by atoms with Crippen LogP contribution >= 0.6 is 12.2 Å². The van der Waals surface area contributed by atoms with E-state index in [0.717, 1.165) is 24.1 Å². The van der Waals surface area contributed by atoms with Crippen LogP contribution in [0, 0.1) is 5.92 Å². The summed E-state index contributed by atoms with van der Waals surface area (Å²) >= 11 is 5.23. The Hall–Kier alpha value is -2.73. The molecule has 2 aromatic carbocycles. The molecule has 1 atom stereocenters. The molecular weight excluding hydrogens is 382 g/mol. The van der Waals surface area contributed by atoms with Gasteiger partial charge in [0.1, 0.15) is 0 Å². The molecule has 0 saturated heterocycles. The second-order valence-electron chi connectivity index (χ2n) is 7.54. The Labute approximate surface area is 177 Å². The fourth-order valence-electron chi connectivity index (χ4n) is 3.63. The molecule has 6 heteroatoms. The maximum absolute atomic E-state index is 12.5. The van der Waals surface area contributed by atoms with Crippen molar-refractivity contribution in [3.8, 4) is 0 Å². The first-order chi connectivity index (χ1) is 14.0. The average molecular weight is 410 g/mol. The van der Waals surface area contributed by atoms with E-state index in [1.54, 1.807) is 24.3 Å². The Morgan fingerprint density at radius 1 is 1.03 bits per heavy atom. The van der Waals surface area contributed by atoms with Crippen LogP contribution in [0.4, 0.5) is 5.69 Å². The molecule has 1 saturated carbocycles.